The van der Waals surface area contributed by atoms with Crippen molar-refractivity contribution in [2.45, 2.75) is 31.8 Å². The first kappa shape index (κ1) is 20.1. The molecule has 3 aromatic rings. The molecule has 0 saturated heterocycles. The number of hydrogen-bond donors (Lipinski definition) is 1. The van der Waals surface area contributed by atoms with Crippen LogP contribution >= 0.6 is 11.8 Å². The van der Waals surface area contributed by atoms with Crippen molar-refractivity contribution in [1.29, 1.82) is 0 Å². The molecule has 0 radical (unpaired) electrons. The maximum atomic E-state index is 14.4. The van der Waals surface area contributed by atoms with Crippen molar-refractivity contribution in [2.75, 3.05) is 12.3 Å². The van der Waals surface area contributed by atoms with Gasteiger partial charge >= 0.3 is 0 Å². The van der Waals surface area contributed by atoms with Gasteiger partial charge in [-0.2, -0.15) is 0 Å². The fraction of sp³-hybridized carbons (Fsp3) is 0.286. The lowest BCUT2D eigenvalue weighted by atomic mass is 10.2. The Balaban J connectivity index is 1.91. The Labute approximate surface area is 168 Å². The third-order valence-corrected chi connectivity index (χ3v) is 5.15. The third-order valence-electron chi connectivity index (χ3n) is 4.23. The second-order valence-electron chi connectivity index (χ2n) is 6.45. The molecule has 0 fully saturated rings. The van der Waals surface area contributed by atoms with Crippen LogP contribution in [0.5, 0.6) is 0 Å². The largest absolute Gasteiger partial charge is 0.355 e. The van der Waals surface area contributed by atoms with E-state index in [0.717, 1.165) is 24.1 Å². The van der Waals surface area contributed by atoms with E-state index in [1.807, 2.05) is 31.2 Å². The van der Waals surface area contributed by atoms with Crippen molar-refractivity contribution in [1.82, 2.24) is 20.1 Å². The lowest BCUT2D eigenvalue weighted by Crippen LogP contribution is -2.26. The van der Waals surface area contributed by atoms with Crippen LogP contribution in [-0.2, 0) is 4.79 Å². The van der Waals surface area contributed by atoms with Crippen molar-refractivity contribution in [3.05, 3.63) is 59.9 Å². The van der Waals surface area contributed by atoms with Crippen molar-refractivity contribution in [3.63, 3.8) is 0 Å². The number of aromatic nitrogens is 3. The number of amides is 1. The molecule has 5 nitrogen and oxygen atoms in total. The summed E-state index contributed by atoms with van der Waals surface area (Å²) in [6.07, 6.45) is 1.98. The predicted octanol–water partition coefficient (Wildman–Crippen LogP) is 4.39. The van der Waals surface area contributed by atoms with Gasteiger partial charge in [-0.1, -0.05) is 54.9 Å². The average molecular weight is 399 g/mol. The molecule has 1 heterocycles. The first-order valence-corrected chi connectivity index (χ1v) is 10.3. The number of benzene rings is 2. The number of rotatable bonds is 8. The highest BCUT2D eigenvalue weighted by molar-refractivity contribution is 7.99. The van der Waals surface area contributed by atoms with E-state index < -0.39 is 0 Å². The van der Waals surface area contributed by atoms with E-state index in [-0.39, 0.29) is 17.5 Å². The highest BCUT2D eigenvalue weighted by Gasteiger charge is 2.19. The molecule has 146 valence electrons. The first-order chi connectivity index (χ1) is 13.6. The zero-order chi connectivity index (χ0) is 19.9. The summed E-state index contributed by atoms with van der Waals surface area (Å²) in [6.45, 7) is 4.75. The topological polar surface area (TPSA) is 59.8 Å². The second kappa shape index (κ2) is 9.50. The van der Waals surface area contributed by atoms with Gasteiger partial charge in [0.15, 0.2) is 11.0 Å². The van der Waals surface area contributed by atoms with Crippen LogP contribution in [0.15, 0.2) is 53.7 Å². The van der Waals surface area contributed by atoms with Gasteiger partial charge in [-0.25, -0.2) is 4.39 Å². The van der Waals surface area contributed by atoms with Gasteiger partial charge in [-0.05, 0) is 37.6 Å². The van der Waals surface area contributed by atoms with Gasteiger partial charge in [-0.3, -0.25) is 9.36 Å². The number of carbonyl (C=O) groups is 1. The number of nitrogens with one attached hydrogen (secondary N) is 1. The number of hydrogen-bond acceptors (Lipinski definition) is 4. The van der Waals surface area contributed by atoms with Crippen LogP contribution in [0.25, 0.3) is 17.1 Å². The fourth-order valence-electron chi connectivity index (χ4n) is 2.69. The summed E-state index contributed by atoms with van der Waals surface area (Å²) in [5.74, 6) is 0.225. The van der Waals surface area contributed by atoms with Gasteiger partial charge in [-0.15, -0.1) is 10.2 Å². The molecule has 28 heavy (non-hydrogen) atoms. The Morgan fingerprint density at radius 2 is 1.89 bits per heavy atom. The Kier molecular flexibility index (Phi) is 6.81. The molecule has 1 aromatic heterocycles. The zero-order valence-electron chi connectivity index (χ0n) is 16.0. The normalized spacial score (nSPS) is 10.8. The van der Waals surface area contributed by atoms with Gasteiger partial charge < -0.3 is 5.32 Å². The molecule has 0 unspecified atom stereocenters. The first-order valence-electron chi connectivity index (χ1n) is 9.27. The van der Waals surface area contributed by atoms with Gasteiger partial charge in [0.25, 0.3) is 0 Å². The molecule has 0 aliphatic heterocycles. The average Bonchev–Trinajstić information content (AvgIpc) is 3.11. The molecule has 2 aromatic carbocycles. The number of aryl methyl sites for hydroxylation is 1. The molecule has 0 spiro atoms. The maximum absolute atomic E-state index is 14.4. The summed E-state index contributed by atoms with van der Waals surface area (Å²) in [7, 11) is 0. The van der Waals surface area contributed by atoms with Crippen LogP contribution in [-0.4, -0.2) is 33.0 Å². The summed E-state index contributed by atoms with van der Waals surface area (Å²) in [6, 6.07) is 14.3. The molecule has 7 heteroatoms. The Morgan fingerprint density at radius 3 is 2.61 bits per heavy atom. The number of thioether (sulfide) groups is 1. The van der Waals surface area contributed by atoms with Crippen molar-refractivity contribution in [3.8, 4) is 17.1 Å². The van der Waals surface area contributed by atoms with E-state index in [1.165, 1.54) is 17.8 Å². The zero-order valence-corrected chi connectivity index (χ0v) is 16.8. The number of unbranched alkanes of at least 4 members (excludes halogenated alkanes) is 1. The fourth-order valence-corrected chi connectivity index (χ4v) is 3.47. The van der Waals surface area contributed by atoms with E-state index in [4.69, 9.17) is 0 Å². The molecular formula is C21H23FN4OS. The second-order valence-corrected chi connectivity index (χ2v) is 7.39. The van der Waals surface area contributed by atoms with Crippen molar-refractivity contribution >= 4 is 17.7 Å². The molecular weight excluding hydrogens is 375 g/mol. The lowest BCUT2D eigenvalue weighted by Gasteiger charge is -2.11. The minimum absolute atomic E-state index is 0.0515. The molecule has 0 aliphatic rings. The van der Waals surface area contributed by atoms with E-state index in [0.29, 0.717) is 23.1 Å². The highest BCUT2D eigenvalue weighted by atomic mass is 32.2. The molecule has 0 bridgehead atoms. The molecule has 3 rings (SSSR count). The molecule has 0 atom stereocenters. The molecule has 0 aliphatic carbocycles. The summed E-state index contributed by atoms with van der Waals surface area (Å²) in [5.41, 5.74) is 2.31. The Hall–Kier alpha value is -2.67. The Morgan fingerprint density at radius 1 is 1.14 bits per heavy atom. The smallest absolute Gasteiger partial charge is 0.230 e. The highest BCUT2D eigenvalue weighted by Crippen LogP contribution is 2.29. The minimum atomic E-state index is -0.364. The van der Waals surface area contributed by atoms with Crippen LogP contribution < -0.4 is 5.32 Å². The van der Waals surface area contributed by atoms with Gasteiger partial charge in [0.05, 0.1) is 11.3 Å². The van der Waals surface area contributed by atoms with E-state index in [2.05, 4.69) is 22.4 Å². The molecule has 1 N–H and O–H groups in total. The monoisotopic (exact) mass is 398 g/mol. The maximum Gasteiger partial charge on any atom is 0.230 e. The lowest BCUT2D eigenvalue weighted by molar-refractivity contribution is -0.118. The van der Waals surface area contributed by atoms with Crippen LogP contribution in [0.4, 0.5) is 4.39 Å². The van der Waals surface area contributed by atoms with Crippen molar-refractivity contribution < 1.29 is 9.18 Å². The number of nitrogens with zero attached hydrogens (tertiary/aromatic N) is 3. The SMILES string of the molecule is CCCCNC(=O)CSc1nnc(-c2ccccc2F)n1-c1ccc(C)cc1. The van der Waals surface area contributed by atoms with E-state index in [1.54, 1.807) is 22.8 Å². The van der Waals surface area contributed by atoms with Crippen LogP contribution in [0.2, 0.25) is 0 Å². The summed E-state index contributed by atoms with van der Waals surface area (Å²) in [4.78, 5) is 12.1. The third kappa shape index (κ3) is 4.78. The summed E-state index contributed by atoms with van der Waals surface area (Å²) < 4.78 is 16.2. The molecule has 0 saturated carbocycles. The summed E-state index contributed by atoms with van der Waals surface area (Å²) >= 11 is 1.29. The van der Waals surface area contributed by atoms with Gasteiger partial charge in [0, 0.05) is 12.2 Å². The van der Waals surface area contributed by atoms with Gasteiger partial charge in [0.1, 0.15) is 5.82 Å². The Bertz CT molecular complexity index is 940. The van der Waals surface area contributed by atoms with Crippen LogP contribution in [0.1, 0.15) is 25.3 Å². The molecule has 1 amide bonds. The predicted molar refractivity (Wildman–Crippen MR) is 110 cm³/mol. The quantitative estimate of drug-likeness (QED) is 0.452. The van der Waals surface area contributed by atoms with Gasteiger partial charge in [0.2, 0.25) is 5.91 Å². The van der Waals surface area contributed by atoms with E-state index >= 15 is 0 Å². The van der Waals surface area contributed by atoms with E-state index in [9.17, 15) is 9.18 Å². The van der Waals surface area contributed by atoms with Crippen molar-refractivity contribution in [2.24, 2.45) is 0 Å². The number of halogens is 1. The van der Waals surface area contributed by atoms with Crippen LogP contribution in [0, 0.1) is 12.7 Å². The summed E-state index contributed by atoms with van der Waals surface area (Å²) in [5, 5.41) is 11.9. The number of carbonyl (C=O) groups excluding carboxylic acids is 1. The standard InChI is InChI=1S/C21H23FN4OS/c1-3-4-13-23-19(27)14-28-21-25-24-20(17-7-5-6-8-18(17)22)26(21)16-11-9-15(2)10-12-16/h5-12H,3-4,13-14H2,1-2H3,(H,23,27). The van der Waals surface area contributed by atoms with Crippen LogP contribution in [0.3, 0.4) is 0 Å². The minimum Gasteiger partial charge on any atom is -0.355 e.